The number of aliphatic imine (C=N–C) groups is 1. The topological polar surface area (TPSA) is 53.0 Å². The van der Waals surface area contributed by atoms with Gasteiger partial charge in [-0.05, 0) is 43.2 Å². The first-order chi connectivity index (χ1) is 13.2. The molecule has 1 aliphatic heterocycles. The predicted molar refractivity (Wildman–Crippen MR) is 111 cm³/mol. The molecule has 0 atom stereocenters. The minimum absolute atomic E-state index is 0.577. The van der Waals surface area contributed by atoms with Gasteiger partial charge in [0.1, 0.15) is 12.4 Å². The number of aromatic nitrogens is 1. The Kier molecular flexibility index (Phi) is 6.52. The number of anilines is 1. The van der Waals surface area contributed by atoms with E-state index < -0.39 is 0 Å². The molecule has 0 unspecified atom stereocenters. The fraction of sp³-hybridized carbons (Fsp3) is 0.429. The Bertz CT molecular complexity index is 754. The van der Waals surface area contributed by atoms with Crippen molar-refractivity contribution in [2.24, 2.45) is 4.99 Å². The van der Waals surface area contributed by atoms with Gasteiger partial charge in [0.2, 0.25) is 0 Å². The SMILES string of the molecule is CN=C(NCCOc1cccnc1)N1CCN(c2cccc(C)c2C)CC1. The molecule has 0 saturated carbocycles. The highest BCUT2D eigenvalue weighted by molar-refractivity contribution is 5.80. The van der Waals surface area contributed by atoms with Crippen molar-refractivity contribution >= 4 is 11.6 Å². The van der Waals surface area contributed by atoms with Gasteiger partial charge in [-0.15, -0.1) is 0 Å². The van der Waals surface area contributed by atoms with E-state index in [2.05, 4.69) is 57.1 Å². The number of guanidine groups is 1. The molecule has 0 aliphatic carbocycles. The van der Waals surface area contributed by atoms with E-state index in [1.165, 1.54) is 16.8 Å². The van der Waals surface area contributed by atoms with Gasteiger partial charge in [0.15, 0.2) is 5.96 Å². The number of benzene rings is 1. The van der Waals surface area contributed by atoms with Crippen molar-refractivity contribution in [1.82, 2.24) is 15.2 Å². The first-order valence-electron chi connectivity index (χ1n) is 9.48. The second kappa shape index (κ2) is 9.26. The molecule has 0 amide bonds. The molecule has 1 fully saturated rings. The van der Waals surface area contributed by atoms with Crippen LogP contribution in [0.3, 0.4) is 0 Å². The highest BCUT2D eigenvalue weighted by atomic mass is 16.5. The normalized spacial score (nSPS) is 15.0. The molecule has 0 radical (unpaired) electrons. The van der Waals surface area contributed by atoms with Gasteiger partial charge in [-0.25, -0.2) is 0 Å². The number of hydrogen-bond donors (Lipinski definition) is 1. The Hall–Kier alpha value is -2.76. The number of aryl methyl sites for hydroxylation is 1. The van der Waals surface area contributed by atoms with Crippen LogP contribution in [0.4, 0.5) is 5.69 Å². The molecule has 2 aromatic rings. The Morgan fingerprint density at radius 2 is 1.96 bits per heavy atom. The molecule has 6 heteroatoms. The number of nitrogens with one attached hydrogen (secondary N) is 1. The quantitative estimate of drug-likeness (QED) is 0.500. The molecular weight excluding hydrogens is 338 g/mol. The molecule has 3 rings (SSSR count). The molecular formula is C21H29N5O. The summed E-state index contributed by atoms with van der Waals surface area (Å²) < 4.78 is 5.68. The first kappa shape index (κ1) is 19.0. The summed E-state index contributed by atoms with van der Waals surface area (Å²) in [5.74, 6) is 1.72. The van der Waals surface area contributed by atoms with E-state index in [1.54, 1.807) is 12.4 Å². The number of hydrogen-bond acceptors (Lipinski definition) is 4. The lowest BCUT2D eigenvalue weighted by atomic mass is 10.1. The first-order valence-corrected chi connectivity index (χ1v) is 9.48. The van der Waals surface area contributed by atoms with Crippen LogP contribution in [0, 0.1) is 13.8 Å². The molecule has 144 valence electrons. The van der Waals surface area contributed by atoms with Crippen LogP contribution < -0.4 is 15.0 Å². The zero-order chi connectivity index (χ0) is 19.1. The van der Waals surface area contributed by atoms with E-state index in [-0.39, 0.29) is 0 Å². The molecule has 1 aromatic heterocycles. The van der Waals surface area contributed by atoms with Gasteiger partial charge in [-0.2, -0.15) is 0 Å². The third-order valence-electron chi connectivity index (χ3n) is 5.00. The summed E-state index contributed by atoms with van der Waals surface area (Å²) >= 11 is 0. The van der Waals surface area contributed by atoms with Gasteiger partial charge in [-0.1, -0.05) is 12.1 Å². The van der Waals surface area contributed by atoms with Crippen molar-refractivity contribution in [2.45, 2.75) is 13.8 Å². The Morgan fingerprint density at radius 1 is 1.15 bits per heavy atom. The zero-order valence-electron chi connectivity index (χ0n) is 16.5. The van der Waals surface area contributed by atoms with Gasteiger partial charge < -0.3 is 19.9 Å². The Morgan fingerprint density at radius 3 is 2.67 bits per heavy atom. The monoisotopic (exact) mass is 367 g/mol. The summed E-state index contributed by atoms with van der Waals surface area (Å²) in [6.45, 7) is 9.57. The van der Waals surface area contributed by atoms with E-state index in [1.807, 2.05) is 19.2 Å². The maximum Gasteiger partial charge on any atom is 0.193 e. The number of ether oxygens (including phenoxy) is 1. The smallest absolute Gasteiger partial charge is 0.193 e. The molecule has 0 spiro atoms. The summed E-state index contributed by atoms with van der Waals surface area (Å²) in [5, 5.41) is 3.40. The van der Waals surface area contributed by atoms with Crippen molar-refractivity contribution < 1.29 is 4.74 Å². The summed E-state index contributed by atoms with van der Waals surface area (Å²) in [6.07, 6.45) is 3.46. The standard InChI is InChI=1S/C21H29N5O/c1-17-6-4-8-20(18(17)2)25-11-13-26(14-12-25)21(22-3)24-10-15-27-19-7-5-9-23-16-19/h4-9,16H,10-15H2,1-3H3,(H,22,24). The molecule has 27 heavy (non-hydrogen) atoms. The molecule has 1 N–H and O–H groups in total. The third kappa shape index (κ3) is 4.90. The summed E-state index contributed by atoms with van der Waals surface area (Å²) in [5.41, 5.74) is 4.07. The molecule has 2 heterocycles. The van der Waals surface area contributed by atoms with Crippen LogP contribution in [0.2, 0.25) is 0 Å². The van der Waals surface area contributed by atoms with Gasteiger partial charge in [0.25, 0.3) is 0 Å². The average Bonchev–Trinajstić information content (AvgIpc) is 2.71. The van der Waals surface area contributed by atoms with Crippen LogP contribution >= 0.6 is 0 Å². The number of pyridine rings is 1. The van der Waals surface area contributed by atoms with Gasteiger partial charge in [0.05, 0.1) is 12.7 Å². The zero-order valence-corrected chi connectivity index (χ0v) is 16.5. The van der Waals surface area contributed by atoms with Crippen molar-refractivity contribution in [3.05, 3.63) is 53.9 Å². The molecule has 1 saturated heterocycles. The number of nitrogens with zero attached hydrogens (tertiary/aromatic N) is 4. The van der Waals surface area contributed by atoms with Crippen molar-refractivity contribution in [3.8, 4) is 5.75 Å². The van der Waals surface area contributed by atoms with Crippen LogP contribution in [0.25, 0.3) is 0 Å². The lowest BCUT2D eigenvalue weighted by Crippen LogP contribution is -2.53. The number of rotatable bonds is 5. The van der Waals surface area contributed by atoms with Crippen LogP contribution in [0.5, 0.6) is 5.75 Å². The molecule has 6 nitrogen and oxygen atoms in total. The fourth-order valence-corrected chi connectivity index (χ4v) is 3.33. The van der Waals surface area contributed by atoms with Crippen LogP contribution in [0.1, 0.15) is 11.1 Å². The summed E-state index contributed by atoms with van der Waals surface area (Å²) in [7, 11) is 1.83. The average molecular weight is 367 g/mol. The maximum atomic E-state index is 5.68. The highest BCUT2D eigenvalue weighted by Crippen LogP contribution is 2.23. The minimum atomic E-state index is 0.577. The van der Waals surface area contributed by atoms with Crippen LogP contribution in [-0.2, 0) is 0 Å². The van der Waals surface area contributed by atoms with Gasteiger partial charge in [0, 0.05) is 45.1 Å². The fourth-order valence-electron chi connectivity index (χ4n) is 3.33. The van der Waals surface area contributed by atoms with E-state index in [0.29, 0.717) is 13.2 Å². The second-order valence-electron chi connectivity index (χ2n) is 6.70. The Labute approximate surface area is 161 Å². The van der Waals surface area contributed by atoms with Crippen molar-refractivity contribution in [3.63, 3.8) is 0 Å². The maximum absolute atomic E-state index is 5.68. The van der Waals surface area contributed by atoms with E-state index >= 15 is 0 Å². The molecule has 0 bridgehead atoms. The predicted octanol–water partition coefficient (Wildman–Crippen LogP) is 2.47. The van der Waals surface area contributed by atoms with Crippen LogP contribution in [0.15, 0.2) is 47.7 Å². The molecule has 1 aromatic carbocycles. The largest absolute Gasteiger partial charge is 0.490 e. The van der Waals surface area contributed by atoms with Crippen molar-refractivity contribution in [2.75, 3.05) is 51.3 Å². The number of piperazine rings is 1. The Balaban J connectivity index is 1.46. The van der Waals surface area contributed by atoms with E-state index in [0.717, 1.165) is 37.9 Å². The van der Waals surface area contributed by atoms with Gasteiger partial charge >= 0.3 is 0 Å². The van der Waals surface area contributed by atoms with Gasteiger partial charge in [-0.3, -0.25) is 9.98 Å². The molecule has 1 aliphatic rings. The van der Waals surface area contributed by atoms with Crippen molar-refractivity contribution in [1.29, 1.82) is 0 Å². The van der Waals surface area contributed by atoms with E-state index in [9.17, 15) is 0 Å². The third-order valence-corrected chi connectivity index (χ3v) is 5.00. The summed E-state index contributed by atoms with van der Waals surface area (Å²) in [6, 6.07) is 10.3. The lowest BCUT2D eigenvalue weighted by Gasteiger charge is -2.38. The highest BCUT2D eigenvalue weighted by Gasteiger charge is 2.20. The second-order valence-corrected chi connectivity index (χ2v) is 6.70. The lowest BCUT2D eigenvalue weighted by molar-refractivity contribution is 0.314. The van der Waals surface area contributed by atoms with Crippen LogP contribution in [-0.4, -0.2) is 62.2 Å². The summed E-state index contributed by atoms with van der Waals surface area (Å²) in [4.78, 5) is 13.3. The van der Waals surface area contributed by atoms with E-state index in [4.69, 9.17) is 4.74 Å². The minimum Gasteiger partial charge on any atom is -0.490 e.